The maximum atomic E-state index is 13.0. The number of thioether (sulfide) groups is 1. The molecule has 1 fully saturated rings. The second-order valence-electron chi connectivity index (χ2n) is 6.48. The van der Waals surface area contributed by atoms with Gasteiger partial charge in [-0.15, -0.1) is 0 Å². The highest BCUT2D eigenvalue weighted by atomic mass is 32.2. The van der Waals surface area contributed by atoms with Crippen molar-refractivity contribution >= 4 is 17.7 Å². The van der Waals surface area contributed by atoms with Gasteiger partial charge in [-0.3, -0.25) is 4.79 Å². The summed E-state index contributed by atoms with van der Waals surface area (Å²) < 4.78 is 39.0. The predicted molar refractivity (Wildman–Crippen MR) is 73.6 cm³/mol. The molecule has 0 aliphatic carbocycles. The van der Waals surface area contributed by atoms with Gasteiger partial charge >= 0.3 is 6.18 Å². The molecule has 1 heterocycles. The van der Waals surface area contributed by atoms with Gasteiger partial charge in [0.15, 0.2) is 0 Å². The lowest BCUT2D eigenvalue weighted by molar-refractivity contribution is -0.173. The van der Waals surface area contributed by atoms with Crippen LogP contribution in [0.25, 0.3) is 0 Å². The lowest BCUT2D eigenvalue weighted by atomic mass is 9.87. The van der Waals surface area contributed by atoms with Crippen LogP contribution in [0.3, 0.4) is 0 Å². The zero-order chi connectivity index (χ0) is 15.6. The van der Waals surface area contributed by atoms with E-state index in [1.807, 2.05) is 5.32 Å². The molecule has 1 atom stereocenters. The average molecular weight is 313 g/mol. The minimum Gasteiger partial charge on any atom is -0.380 e. The standard InChI is InChI=1S/C13H22F3NO2S/c1-11(2,3)8-9(13(14,15)16)17-10(18)12(19)4-6-20-7-5-12/h9,19H,4-8H2,1-3H3,(H,17,18). The van der Waals surface area contributed by atoms with Crippen LogP contribution in [0.5, 0.6) is 0 Å². The maximum absolute atomic E-state index is 13.0. The molecule has 118 valence electrons. The summed E-state index contributed by atoms with van der Waals surface area (Å²) in [5, 5.41) is 12.2. The highest BCUT2D eigenvalue weighted by Crippen LogP contribution is 2.32. The molecule has 3 nitrogen and oxygen atoms in total. The number of amides is 1. The Kier molecular flexibility index (Phi) is 5.40. The molecule has 0 bridgehead atoms. The van der Waals surface area contributed by atoms with E-state index in [1.165, 1.54) is 0 Å². The van der Waals surface area contributed by atoms with Crippen LogP contribution in [0.4, 0.5) is 13.2 Å². The third kappa shape index (κ3) is 5.16. The van der Waals surface area contributed by atoms with Crippen molar-refractivity contribution in [1.82, 2.24) is 5.32 Å². The Labute approximate surface area is 121 Å². The number of nitrogens with one attached hydrogen (secondary N) is 1. The Morgan fingerprint density at radius 2 is 1.80 bits per heavy atom. The van der Waals surface area contributed by atoms with Crippen molar-refractivity contribution in [3.05, 3.63) is 0 Å². The van der Waals surface area contributed by atoms with Gasteiger partial charge in [0, 0.05) is 0 Å². The van der Waals surface area contributed by atoms with Gasteiger partial charge in [0.25, 0.3) is 5.91 Å². The second kappa shape index (κ2) is 6.13. The summed E-state index contributed by atoms with van der Waals surface area (Å²) in [5.74, 6) is 0.268. The van der Waals surface area contributed by atoms with Crippen LogP contribution in [-0.2, 0) is 4.79 Å². The van der Waals surface area contributed by atoms with Gasteiger partial charge in [-0.05, 0) is 36.2 Å². The van der Waals surface area contributed by atoms with E-state index >= 15 is 0 Å². The highest BCUT2D eigenvalue weighted by Gasteiger charge is 2.46. The summed E-state index contributed by atoms with van der Waals surface area (Å²) >= 11 is 1.59. The monoisotopic (exact) mass is 313 g/mol. The molecule has 1 aliphatic rings. The fourth-order valence-electron chi connectivity index (χ4n) is 2.09. The molecule has 0 saturated carbocycles. The van der Waals surface area contributed by atoms with Gasteiger partial charge in [-0.1, -0.05) is 20.8 Å². The quantitative estimate of drug-likeness (QED) is 0.842. The first kappa shape index (κ1) is 17.6. The number of carbonyl (C=O) groups is 1. The van der Waals surface area contributed by atoms with E-state index in [9.17, 15) is 23.1 Å². The first-order valence-electron chi connectivity index (χ1n) is 6.62. The number of hydrogen-bond donors (Lipinski definition) is 2. The molecule has 1 aliphatic heterocycles. The molecule has 1 rings (SSSR count). The van der Waals surface area contributed by atoms with Crippen molar-refractivity contribution < 1.29 is 23.1 Å². The summed E-state index contributed by atoms with van der Waals surface area (Å²) in [6.07, 6.45) is -4.33. The van der Waals surface area contributed by atoms with E-state index in [0.29, 0.717) is 11.5 Å². The van der Waals surface area contributed by atoms with Gasteiger partial charge in [-0.2, -0.15) is 24.9 Å². The minimum atomic E-state index is -4.51. The Morgan fingerprint density at radius 3 is 2.20 bits per heavy atom. The summed E-state index contributed by atoms with van der Waals surface area (Å²) in [5.41, 5.74) is -2.23. The predicted octanol–water partition coefficient (Wildman–Crippen LogP) is 2.73. The minimum absolute atomic E-state index is 0.198. The van der Waals surface area contributed by atoms with Gasteiger partial charge < -0.3 is 10.4 Å². The largest absolute Gasteiger partial charge is 0.408 e. The van der Waals surface area contributed by atoms with Crippen molar-refractivity contribution in [3.8, 4) is 0 Å². The number of aliphatic hydroxyl groups is 1. The molecule has 1 unspecified atom stereocenters. The van der Waals surface area contributed by atoms with E-state index in [-0.39, 0.29) is 19.3 Å². The van der Waals surface area contributed by atoms with Gasteiger partial charge in [0.2, 0.25) is 0 Å². The molecular weight excluding hydrogens is 291 g/mol. The number of carbonyl (C=O) groups excluding carboxylic acids is 1. The van der Waals surface area contributed by atoms with Crippen LogP contribution >= 0.6 is 11.8 Å². The summed E-state index contributed by atoms with van der Waals surface area (Å²) in [6.45, 7) is 5.05. The first-order valence-corrected chi connectivity index (χ1v) is 7.77. The van der Waals surface area contributed by atoms with Crippen molar-refractivity contribution in [2.75, 3.05) is 11.5 Å². The lowest BCUT2D eigenvalue weighted by Gasteiger charge is -2.34. The smallest absolute Gasteiger partial charge is 0.380 e. The van der Waals surface area contributed by atoms with Crippen LogP contribution in [0.2, 0.25) is 0 Å². The van der Waals surface area contributed by atoms with Crippen LogP contribution in [0.1, 0.15) is 40.0 Å². The molecule has 0 aromatic heterocycles. The zero-order valence-corrected chi connectivity index (χ0v) is 12.8. The van der Waals surface area contributed by atoms with Gasteiger partial charge in [-0.25, -0.2) is 0 Å². The van der Waals surface area contributed by atoms with Crippen molar-refractivity contribution in [2.24, 2.45) is 5.41 Å². The normalized spacial score (nSPS) is 21.4. The summed E-state index contributed by atoms with van der Waals surface area (Å²) in [6, 6.07) is -1.92. The Morgan fingerprint density at radius 1 is 1.30 bits per heavy atom. The molecule has 0 aromatic rings. The molecule has 0 aromatic carbocycles. The number of hydrogen-bond acceptors (Lipinski definition) is 3. The summed E-state index contributed by atoms with van der Waals surface area (Å²) in [4.78, 5) is 12.0. The van der Waals surface area contributed by atoms with Crippen molar-refractivity contribution in [3.63, 3.8) is 0 Å². The second-order valence-corrected chi connectivity index (χ2v) is 7.70. The average Bonchev–Trinajstić information content (AvgIpc) is 2.26. The number of rotatable bonds is 3. The number of halogens is 3. The van der Waals surface area contributed by atoms with Crippen LogP contribution < -0.4 is 5.32 Å². The fraction of sp³-hybridized carbons (Fsp3) is 0.923. The molecular formula is C13H22F3NO2S. The van der Waals surface area contributed by atoms with Crippen LogP contribution in [0.15, 0.2) is 0 Å². The molecule has 1 saturated heterocycles. The first-order chi connectivity index (χ1) is 8.94. The number of alkyl halides is 3. The van der Waals surface area contributed by atoms with Crippen LogP contribution in [-0.4, -0.2) is 40.3 Å². The molecule has 20 heavy (non-hydrogen) atoms. The molecule has 0 spiro atoms. The molecule has 1 amide bonds. The van der Waals surface area contributed by atoms with Crippen LogP contribution in [0, 0.1) is 5.41 Å². The zero-order valence-electron chi connectivity index (χ0n) is 12.0. The van der Waals surface area contributed by atoms with Gasteiger partial charge in [0.1, 0.15) is 11.6 Å². The summed E-state index contributed by atoms with van der Waals surface area (Å²) in [7, 11) is 0. The van der Waals surface area contributed by atoms with E-state index < -0.39 is 29.1 Å². The Balaban J connectivity index is 2.76. The topological polar surface area (TPSA) is 49.3 Å². The third-order valence-electron chi connectivity index (χ3n) is 3.26. The van der Waals surface area contributed by atoms with E-state index in [2.05, 4.69) is 0 Å². The van der Waals surface area contributed by atoms with E-state index in [4.69, 9.17) is 0 Å². The lowest BCUT2D eigenvalue weighted by Crippen LogP contribution is -2.56. The molecule has 2 N–H and O–H groups in total. The van der Waals surface area contributed by atoms with E-state index in [1.54, 1.807) is 32.5 Å². The fourth-order valence-corrected chi connectivity index (χ4v) is 3.26. The molecule has 0 radical (unpaired) electrons. The van der Waals surface area contributed by atoms with E-state index in [0.717, 1.165) is 0 Å². The highest BCUT2D eigenvalue weighted by molar-refractivity contribution is 7.99. The molecule has 7 heteroatoms. The van der Waals surface area contributed by atoms with Crippen molar-refractivity contribution in [2.45, 2.75) is 57.9 Å². The third-order valence-corrected chi connectivity index (χ3v) is 4.25. The van der Waals surface area contributed by atoms with Crippen molar-refractivity contribution in [1.29, 1.82) is 0 Å². The SMILES string of the molecule is CC(C)(C)CC(NC(=O)C1(O)CCSCC1)C(F)(F)F. The maximum Gasteiger partial charge on any atom is 0.408 e. The Hall–Kier alpha value is -0.430. The van der Waals surface area contributed by atoms with Gasteiger partial charge in [0.05, 0.1) is 0 Å². The Bertz CT molecular complexity index is 347.